The Morgan fingerprint density at radius 3 is 2.52 bits per heavy atom. The van der Waals surface area contributed by atoms with Crippen molar-refractivity contribution in [3.05, 3.63) is 64.7 Å². The zero-order chi connectivity index (χ0) is 23.8. The van der Waals surface area contributed by atoms with Crippen molar-refractivity contribution in [2.45, 2.75) is 45.2 Å². The molecule has 2 aromatic rings. The maximum Gasteiger partial charge on any atom is 0.419 e. The number of hydrogen-bond donors (Lipinski definition) is 1. The summed E-state index contributed by atoms with van der Waals surface area (Å²) in [6, 6.07) is 11.7. The first-order valence-electron chi connectivity index (χ1n) is 10.7. The number of halogens is 3. The van der Waals surface area contributed by atoms with E-state index in [4.69, 9.17) is 14.7 Å². The van der Waals surface area contributed by atoms with E-state index in [0.717, 1.165) is 17.2 Å². The molecule has 1 saturated heterocycles. The number of carbonyl (C=O) groups is 1. The highest BCUT2D eigenvalue weighted by Crippen LogP contribution is 2.40. The Balaban J connectivity index is 1.40. The van der Waals surface area contributed by atoms with Crippen LogP contribution in [0.5, 0.6) is 5.75 Å². The van der Waals surface area contributed by atoms with Gasteiger partial charge in [-0.15, -0.1) is 0 Å². The van der Waals surface area contributed by atoms with Gasteiger partial charge in [-0.1, -0.05) is 35.5 Å². The van der Waals surface area contributed by atoms with E-state index in [0.29, 0.717) is 37.3 Å². The van der Waals surface area contributed by atoms with Gasteiger partial charge in [0, 0.05) is 26.1 Å². The molecule has 0 amide bonds. The van der Waals surface area contributed by atoms with Crippen LogP contribution in [-0.4, -0.2) is 40.9 Å². The van der Waals surface area contributed by atoms with E-state index < -0.39 is 23.8 Å². The minimum Gasteiger partial charge on any atom is -0.490 e. The molecule has 33 heavy (non-hydrogen) atoms. The van der Waals surface area contributed by atoms with Crippen molar-refractivity contribution in [3.8, 4) is 5.75 Å². The molecule has 1 fully saturated rings. The molecule has 6 nitrogen and oxygen atoms in total. The summed E-state index contributed by atoms with van der Waals surface area (Å²) >= 11 is 0. The molecule has 0 radical (unpaired) electrons. The molecule has 0 spiro atoms. The third-order valence-electron chi connectivity index (χ3n) is 5.71. The van der Waals surface area contributed by atoms with Crippen LogP contribution in [0.15, 0.2) is 47.6 Å². The van der Waals surface area contributed by atoms with Gasteiger partial charge in [-0.2, -0.15) is 13.2 Å². The molecule has 2 aliphatic heterocycles. The molecular formula is C24H25F3N2O4. The lowest BCUT2D eigenvalue weighted by Gasteiger charge is -2.36. The molecule has 2 heterocycles. The van der Waals surface area contributed by atoms with Crippen LogP contribution in [0.25, 0.3) is 0 Å². The number of aliphatic carboxylic acids is 1. The molecular weight excluding hydrogens is 437 g/mol. The number of carboxylic acids is 1. The number of oxime groups is 1. The van der Waals surface area contributed by atoms with Gasteiger partial charge in [-0.25, -0.2) is 0 Å². The van der Waals surface area contributed by atoms with Crippen LogP contribution in [0.3, 0.4) is 0 Å². The van der Waals surface area contributed by atoms with Gasteiger partial charge in [0.1, 0.15) is 5.75 Å². The second-order valence-corrected chi connectivity index (χ2v) is 8.68. The van der Waals surface area contributed by atoms with Gasteiger partial charge in [-0.3, -0.25) is 9.69 Å². The van der Waals surface area contributed by atoms with Crippen LogP contribution in [0, 0.1) is 5.92 Å². The average molecular weight is 462 g/mol. The number of nitrogens with zero attached hydrogens (tertiary/aromatic N) is 2. The molecule has 1 atom stereocenters. The largest absolute Gasteiger partial charge is 0.490 e. The quantitative estimate of drug-likeness (QED) is 0.636. The number of hydrogen-bond acceptors (Lipinski definition) is 5. The van der Waals surface area contributed by atoms with Gasteiger partial charge in [-0.05, 0) is 42.7 Å². The summed E-state index contributed by atoms with van der Waals surface area (Å²) < 4.78 is 46.0. The Kier molecular flexibility index (Phi) is 6.34. The zero-order valence-corrected chi connectivity index (χ0v) is 18.3. The third kappa shape index (κ3) is 5.30. The fourth-order valence-corrected chi connectivity index (χ4v) is 3.97. The van der Waals surface area contributed by atoms with Crippen molar-refractivity contribution in [1.82, 2.24) is 4.90 Å². The van der Waals surface area contributed by atoms with E-state index in [-0.39, 0.29) is 17.8 Å². The molecule has 0 bridgehead atoms. The van der Waals surface area contributed by atoms with E-state index in [2.05, 4.69) is 10.1 Å². The molecule has 0 saturated carbocycles. The van der Waals surface area contributed by atoms with E-state index in [9.17, 15) is 18.0 Å². The Bertz CT molecular complexity index is 1040. The Morgan fingerprint density at radius 1 is 1.21 bits per heavy atom. The van der Waals surface area contributed by atoms with E-state index >= 15 is 0 Å². The van der Waals surface area contributed by atoms with Gasteiger partial charge in [0.25, 0.3) is 0 Å². The number of benzene rings is 2. The third-order valence-corrected chi connectivity index (χ3v) is 5.71. The first-order valence-corrected chi connectivity index (χ1v) is 10.7. The van der Waals surface area contributed by atoms with Gasteiger partial charge in [0.05, 0.1) is 23.3 Å². The molecule has 2 aromatic carbocycles. The van der Waals surface area contributed by atoms with Crippen LogP contribution in [0.2, 0.25) is 0 Å². The Labute approximate surface area is 189 Å². The molecule has 0 aliphatic carbocycles. The second kappa shape index (κ2) is 9.05. The maximum atomic E-state index is 13.5. The van der Waals surface area contributed by atoms with Crippen molar-refractivity contribution < 1.29 is 32.6 Å². The first-order chi connectivity index (χ1) is 15.6. The maximum absolute atomic E-state index is 13.5. The monoisotopic (exact) mass is 462 g/mol. The predicted molar refractivity (Wildman–Crippen MR) is 115 cm³/mol. The highest BCUT2D eigenvalue weighted by Gasteiger charge is 2.36. The van der Waals surface area contributed by atoms with Gasteiger partial charge < -0.3 is 14.7 Å². The van der Waals surface area contributed by atoms with Crippen molar-refractivity contribution in [3.63, 3.8) is 0 Å². The molecule has 4 rings (SSSR count). The van der Waals surface area contributed by atoms with E-state index in [1.807, 2.05) is 24.3 Å². The summed E-state index contributed by atoms with van der Waals surface area (Å²) in [6.45, 7) is 5.10. The first kappa shape index (κ1) is 23.1. The van der Waals surface area contributed by atoms with Crippen molar-refractivity contribution in [2.24, 2.45) is 11.1 Å². The Hall–Kier alpha value is -3.07. The van der Waals surface area contributed by atoms with Gasteiger partial charge in [0.2, 0.25) is 0 Å². The van der Waals surface area contributed by atoms with Crippen LogP contribution >= 0.6 is 0 Å². The second-order valence-electron chi connectivity index (χ2n) is 8.68. The van der Waals surface area contributed by atoms with Crippen LogP contribution in [0.4, 0.5) is 13.2 Å². The number of rotatable bonds is 7. The summed E-state index contributed by atoms with van der Waals surface area (Å²) in [5.74, 6) is -1.26. The number of likely N-dealkylation sites (tertiary alicyclic amines) is 1. The van der Waals surface area contributed by atoms with Crippen molar-refractivity contribution >= 4 is 11.7 Å². The lowest BCUT2D eigenvalue weighted by Crippen LogP contribution is -2.49. The molecule has 2 aliphatic rings. The summed E-state index contributed by atoms with van der Waals surface area (Å²) in [6.07, 6.45) is -5.17. The van der Waals surface area contributed by atoms with Crippen LogP contribution in [-0.2, 0) is 22.4 Å². The number of alkyl halides is 3. The fraction of sp³-hybridized carbons (Fsp3) is 0.417. The number of carboxylic acid groups (broad SMARTS) is 1. The SMILES string of the molecule is CC(C)Oc1ccc(C2CC(c3ccc(CN4CC(C(=O)O)C4)cc3)=NO2)cc1C(F)(F)F. The summed E-state index contributed by atoms with van der Waals surface area (Å²) in [5, 5.41) is 13.1. The minimum absolute atomic E-state index is 0.201. The predicted octanol–water partition coefficient (Wildman–Crippen LogP) is 4.87. The lowest BCUT2D eigenvalue weighted by atomic mass is 9.97. The van der Waals surface area contributed by atoms with Crippen molar-refractivity contribution in [1.29, 1.82) is 0 Å². The van der Waals surface area contributed by atoms with Gasteiger partial charge in [0.15, 0.2) is 6.10 Å². The topological polar surface area (TPSA) is 71.4 Å². The smallest absolute Gasteiger partial charge is 0.419 e. The summed E-state index contributed by atoms with van der Waals surface area (Å²) in [5.41, 5.74) is 2.11. The molecule has 176 valence electrons. The molecule has 0 aromatic heterocycles. The Morgan fingerprint density at radius 2 is 1.91 bits per heavy atom. The lowest BCUT2D eigenvalue weighted by molar-refractivity contribution is -0.147. The fourth-order valence-electron chi connectivity index (χ4n) is 3.97. The standard InChI is InChI=1S/C24H25F3N2O4/c1-14(2)32-21-8-7-17(9-19(21)24(25,26)27)22-10-20(28-33-22)16-5-3-15(4-6-16)11-29-12-18(13-29)23(30)31/h3-9,14,18,22H,10-13H2,1-2H3,(H,30,31). The number of ether oxygens (including phenoxy) is 1. The van der Waals surface area contributed by atoms with E-state index in [1.54, 1.807) is 19.9 Å². The summed E-state index contributed by atoms with van der Waals surface area (Å²) in [4.78, 5) is 18.4. The molecule has 1 unspecified atom stereocenters. The molecule has 9 heteroatoms. The van der Waals surface area contributed by atoms with Gasteiger partial charge >= 0.3 is 12.1 Å². The summed E-state index contributed by atoms with van der Waals surface area (Å²) in [7, 11) is 0. The van der Waals surface area contributed by atoms with E-state index in [1.165, 1.54) is 6.07 Å². The molecule has 1 N–H and O–H groups in total. The average Bonchev–Trinajstić information content (AvgIpc) is 3.20. The minimum atomic E-state index is -4.54. The zero-order valence-electron chi connectivity index (χ0n) is 18.3. The highest BCUT2D eigenvalue weighted by molar-refractivity contribution is 6.01. The van der Waals surface area contributed by atoms with Crippen LogP contribution < -0.4 is 4.74 Å². The highest BCUT2D eigenvalue weighted by atomic mass is 19.4. The van der Waals surface area contributed by atoms with Crippen LogP contribution in [0.1, 0.15) is 48.6 Å². The van der Waals surface area contributed by atoms with Crippen molar-refractivity contribution in [2.75, 3.05) is 13.1 Å². The normalized spacial score (nSPS) is 19.2.